The van der Waals surface area contributed by atoms with Gasteiger partial charge in [-0.25, -0.2) is 8.42 Å². The second-order valence-corrected chi connectivity index (χ2v) is 11.3. The number of carbonyl (C=O) groups is 1. The number of methoxy groups -OCH3 is 1. The number of amides is 1. The molecule has 31 heavy (non-hydrogen) atoms. The van der Waals surface area contributed by atoms with Gasteiger partial charge < -0.3 is 9.64 Å². The number of carbonyl (C=O) groups excluding carboxylic acids is 1. The summed E-state index contributed by atoms with van der Waals surface area (Å²) in [5, 5.41) is 0.238. The molecule has 1 saturated heterocycles. The van der Waals surface area contributed by atoms with Crippen LogP contribution in [0, 0.1) is 5.92 Å². The number of ether oxygens (including phenoxy) is 1. The van der Waals surface area contributed by atoms with Crippen molar-refractivity contribution in [1.82, 2.24) is 4.31 Å². The molecule has 1 fully saturated rings. The fourth-order valence-corrected chi connectivity index (χ4v) is 6.73. The lowest BCUT2D eigenvalue weighted by Gasteiger charge is -2.34. The second kappa shape index (κ2) is 8.73. The molecular formula is C22H24BrClN2O4S. The summed E-state index contributed by atoms with van der Waals surface area (Å²) in [6, 6.07) is 10.4. The van der Waals surface area contributed by atoms with E-state index in [4.69, 9.17) is 16.3 Å². The molecule has 0 unspecified atom stereocenters. The van der Waals surface area contributed by atoms with Crippen LogP contribution in [0.25, 0.3) is 0 Å². The van der Waals surface area contributed by atoms with E-state index in [-0.39, 0.29) is 34.3 Å². The smallest absolute Gasteiger partial charge is 0.243 e. The van der Waals surface area contributed by atoms with Crippen LogP contribution in [-0.2, 0) is 21.2 Å². The number of nitrogens with zero attached hydrogens (tertiary/aromatic N) is 2. The van der Waals surface area contributed by atoms with Gasteiger partial charge in [-0.2, -0.15) is 4.31 Å². The average molecular weight is 528 g/mol. The summed E-state index contributed by atoms with van der Waals surface area (Å²) in [5.41, 5.74) is 2.05. The highest BCUT2D eigenvalue weighted by Crippen LogP contribution is 2.37. The van der Waals surface area contributed by atoms with Gasteiger partial charge in [0.1, 0.15) is 5.75 Å². The maximum atomic E-state index is 13.5. The number of piperidine rings is 1. The van der Waals surface area contributed by atoms with Crippen molar-refractivity contribution in [2.75, 3.05) is 25.1 Å². The van der Waals surface area contributed by atoms with Crippen LogP contribution >= 0.6 is 27.5 Å². The molecule has 2 aliphatic heterocycles. The molecule has 6 nitrogen and oxygen atoms in total. The Morgan fingerprint density at radius 2 is 2.00 bits per heavy atom. The molecule has 0 N–H and O–H groups in total. The van der Waals surface area contributed by atoms with Crippen molar-refractivity contribution in [3.63, 3.8) is 0 Å². The Labute approximate surface area is 196 Å². The van der Waals surface area contributed by atoms with Crippen LogP contribution in [0.3, 0.4) is 0 Å². The van der Waals surface area contributed by atoms with Gasteiger partial charge in [-0.15, -0.1) is 0 Å². The molecule has 0 bridgehead atoms. The summed E-state index contributed by atoms with van der Waals surface area (Å²) in [6.07, 6.45) is 2.10. The molecule has 2 aromatic carbocycles. The lowest BCUT2D eigenvalue weighted by Crippen LogP contribution is -2.48. The van der Waals surface area contributed by atoms with Crippen molar-refractivity contribution < 1.29 is 17.9 Å². The van der Waals surface area contributed by atoms with Gasteiger partial charge in [0.05, 0.1) is 22.9 Å². The van der Waals surface area contributed by atoms with E-state index < -0.39 is 10.0 Å². The average Bonchev–Trinajstić information content (AvgIpc) is 3.07. The minimum atomic E-state index is -3.76. The maximum Gasteiger partial charge on any atom is 0.243 e. The van der Waals surface area contributed by atoms with E-state index in [2.05, 4.69) is 15.9 Å². The largest absolute Gasteiger partial charge is 0.495 e. The van der Waals surface area contributed by atoms with Gasteiger partial charge in [-0.05, 0) is 68.1 Å². The lowest BCUT2D eigenvalue weighted by atomic mass is 9.97. The van der Waals surface area contributed by atoms with E-state index in [9.17, 15) is 13.2 Å². The molecule has 2 atom stereocenters. The van der Waals surface area contributed by atoms with Gasteiger partial charge in [0.25, 0.3) is 0 Å². The zero-order valence-corrected chi connectivity index (χ0v) is 20.5. The highest BCUT2D eigenvalue weighted by molar-refractivity contribution is 9.10. The molecular weight excluding hydrogens is 504 g/mol. The van der Waals surface area contributed by atoms with Crippen LogP contribution in [0.5, 0.6) is 5.75 Å². The molecule has 9 heteroatoms. The minimum Gasteiger partial charge on any atom is -0.495 e. The predicted molar refractivity (Wildman–Crippen MR) is 124 cm³/mol. The Morgan fingerprint density at radius 1 is 1.23 bits per heavy atom. The zero-order valence-electron chi connectivity index (χ0n) is 17.3. The number of fused-ring (bicyclic) bond motifs is 1. The number of sulfonamides is 1. The highest BCUT2D eigenvalue weighted by atomic mass is 79.9. The van der Waals surface area contributed by atoms with E-state index in [1.165, 1.54) is 23.5 Å². The van der Waals surface area contributed by atoms with Crippen molar-refractivity contribution in [2.45, 2.75) is 37.1 Å². The Hall–Kier alpha value is -1.61. The molecule has 2 aliphatic rings. The standard InChI is InChI=1S/C22H24BrClN2O4S/c1-14-10-16-11-17(23)5-7-20(16)26(14)22(27)15-4-3-9-25(13-15)31(28,29)18-6-8-21(30-2)19(24)12-18/h5-8,11-12,14-15H,3-4,9-10,13H2,1-2H3/t14-,15-/m0/s1. The minimum absolute atomic E-state index is 0.0127. The highest BCUT2D eigenvalue weighted by Gasteiger charge is 2.39. The maximum absolute atomic E-state index is 13.5. The van der Waals surface area contributed by atoms with Crippen LogP contribution in [-0.4, -0.2) is 44.9 Å². The third kappa shape index (κ3) is 4.23. The van der Waals surface area contributed by atoms with Gasteiger partial charge in [-0.1, -0.05) is 27.5 Å². The SMILES string of the molecule is COc1ccc(S(=O)(=O)N2CCC[C@H](C(=O)N3c4ccc(Br)cc4C[C@@H]3C)C2)cc1Cl. The van der Waals surface area contributed by atoms with Gasteiger partial charge >= 0.3 is 0 Å². The van der Waals surface area contributed by atoms with Gasteiger partial charge in [0.15, 0.2) is 0 Å². The normalized spacial score (nSPS) is 21.7. The monoisotopic (exact) mass is 526 g/mol. The Balaban J connectivity index is 1.56. The van der Waals surface area contributed by atoms with Crippen LogP contribution in [0.15, 0.2) is 45.8 Å². The van der Waals surface area contributed by atoms with Crippen LogP contribution in [0.1, 0.15) is 25.3 Å². The molecule has 0 radical (unpaired) electrons. The van der Waals surface area contributed by atoms with Crippen molar-refractivity contribution in [1.29, 1.82) is 0 Å². The lowest BCUT2D eigenvalue weighted by molar-refractivity contribution is -0.123. The first kappa shape index (κ1) is 22.6. The zero-order chi connectivity index (χ0) is 22.3. The van der Waals surface area contributed by atoms with E-state index in [0.717, 1.165) is 22.1 Å². The number of benzene rings is 2. The molecule has 2 heterocycles. The third-order valence-corrected chi connectivity index (χ3v) is 8.64. The number of halogens is 2. The summed E-state index contributed by atoms with van der Waals surface area (Å²) in [6.45, 7) is 2.58. The first-order valence-electron chi connectivity index (χ1n) is 10.2. The molecule has 0 spiro atoms. The summed E-state index contributed by atoms with van der Waals surface area (Å²) >= 11 is 9.63. The molecule has 4 rings (SSSR count). The molecule has 166 valence electrons. The number of rotatable bonds is 4. The number of hydrogen-bond acceptors (Lipinski definition) is 4. The Bertz CT molecular complexity index is 1120. The fraction of sp³-hybridized carbons (Fsp3) is 0.409. The molecule has 1 amide bonds. The van der Waals surface area contributed by atoms with Crippen LogP contribution in [0.4, 0.5) is 5.69 Å². The van der Waals surface area contributed by atoms with Crippen molar-refractivity contribution in [3.05, 3.63) is 51.5 Å². The van der Waals surface area contributed by atoms with Crippen molar-refractivity contribution in [3.8, 4) is 5.75 Å². The fourth-order valence-electron chi connectivity index (χ4n) is 4.45. The van der Waals surface area contributed by atoms with Crippen molar-refractivity contribution in [2.24, 2.45) is 5.92 Å². The van der Waals surface area contributed by atoms with Gasteiger partial charge in [-0.3, -0.25) is 4.79 Å². The Kier molecular flexibility index (Phi) is 6.36. The summed E-state index contributed by atoms with van der Waals surface area (Å²) in [4.78, 5) is 15.4. The van der Waals surface area contributed by atoms with E-state index in [1.807, 2.05) is 30.0 Å². The second-order valence-electron chi connectivity index (χ2n) is 8.03. The first-order chi connectivity index (χ1) is 14.7. The molecule has 0 saturated carbocycles. The topological polar surface area (TPSA) is 66.9 Å². The van der Waals surface area contributed by atoms with Crippen molar-refractivity contribution >= 4 is 49.1 Å². The van der Waals surface area contributed by atoms with Crippen LogP contribution in [0.2, 0.25) is 5.02 Å². The van der Waals surface area contributed by atoms with Gasteiger partial charge in [0, 0.05) is 29.3 Å². The first-order valence-corrected chi connectivity index (χ1v) is 12.8. The summed E-state index contributed by atoms with van der Waals surface area (Å²) < 4.78 is 34.0. The van der Waals surface area contributed by atoms with E-state index >= 15 is 0 Å². The number of hydrogen-bond donors (Lipinski definition) is 0. The number of anilines is 1. The molecule has 0 aliphatic carbocycles. The quantitative estimate of drug-likeness (QED) is 0.588. The van der Waals surface area contributed by atoms with E-state index in [1.54, 1.807) is 6.07 Å². The third-order valence-electron chi connectivity index (χ3n) is 5.99. The molecule has 2 aromatic rings. The summed E-state index contributed by atoms with van der Waals surface area (Å²) in [5.74, 6) is 0.0242. The molecule has 0 aromatic heterocycles. The van der Waals surface area contributed by atoms with Gasteiger partial charge in [0.2, 0.25) is 15.9 Å². The van der Waals surface area contributed by atoms with Crippen LogP contribution < -0.4 is 9.64 Å². The predicted octanol–water partition coefficient (Wildman–Crippen LogP) is 4.49. The summed E-state index contributed by atoms with van der Waals surface area (Å²) in [7, 11) is -2.28. The Morgan fingerprint density at radius 3 is 2.71 bits per heavy atom. The van der Waals surface area contributed by atoms with E-state index in [0.29, 0.717) is 25.1 Å².